The fraction of sp³-hybridized carbons (Fsp3) is 0.800. The summed E-state index contributed by atoms with van der Waals surface area (Å²) in [6.07, 6.45) is 1.87. The number of hydrogen-bond acceptors (Lipinski definition) is 5. The second kappa shape index (κ2) is 5.82. The van der Waals surface area contributed by atoms with Crippen LogP contribution in [0.1, 0.15) is 32.0 Å². The van der Waals surface area contributed by atoms with Crippen molar-refractivity contribution in [1.29, 1.82) is 0 Å². The molecule has 0 saturated carbocycles. The van der Waals surface area contributed by atoms with Gasteiger partial charge in [0.25, 0.3) is 0 Å². The molecule has 1 heterocycles. The Morgan fingerprint density at radius 3 is 2.87 bits per heavy atom. The summed E-state index contributed by atoms with van der Waals surface area (Å²) in [6, 6.07) is 0.103. The Labute approximate surface area is 90.1 Å². The third-order valence-corrected chi connectivity index (χ3v) is 2.39. The fourth-order valence-corrected chi connectivity index (χ4v) is 1.19. The first-order chi connectivity index (χ1) is 7.17. The first kappa shape index (κ1) is 12.1. The zero-order valence-corrected chi connectivity index (χ0v) is 9.60. The molecule has 0 aromatic carbocycles. The van der Waals surface area contributed by atoms with Crippen LogP contribution in [-0.4, -0.2) is 39.8 Å². The zero-order valence-electron chi connectivity index (χ0n) is 9.60. The van der Waals surface area contributed by atoms with E-state index < -0.39 is 0 Å². The van der Waals surface area contributed by atoms with Crippen LogP contribution >= 0.6 is 0 Å². The van der Waals surface area contributed by atoms with Crippen LogP contribution in [0.15, 0.2) is 4.52 Å². The van der Waals surface area contributed by atoms with Crippen molar-refractivity contribution in [2.24, 2.45) is 0 Å². The van der Waals surface area contributed by atoms with Gasteiger partial charge in [-0.25, -0.2) is 0 Å². The second-order valence-corrected chi connectivity index (χ2v) is 3.80. The molecule has 15 heavy (non-hydrogen) atoms. The van der Waals surface area contributed by atoms with Crippen molar-refractivity contribution in [3.8, 4) is 0 Å². The minimum atomic E-state index is 0.103. The first-order valence-electron chi connectivity index (χ1n) is 5.30. The predicted molar refractivity (Wildman–Crippen MR) is 56.3 cm³/mol. The lowest BCUT2D eigenvalue weighted by Gasteiger charge is -2.20. The number of aryl methyl sites for hydroxylation is 1. The molecule has 5 heteroatoms. The molecule has 1 aromatic heterocycles. The Kier molecular flexibility index (Phi) is 4.71. The highest BCUT2D eigenvalue weighted by molar-refractivity contribution is 4.86. The van der Waals surface area contributed by atoms with Crippen LogP contribution in [0.3, 0.4) is 0 Å². The van der Waals surface area contributed by atoms with Crippen molar-refractivity contribution in [1.82, 2.24) is 15.0 Å². The highest BCUT2D eigenvalue weighted by Crippen LogP contribution is 2.05. The van der Waals surface area contributed by atoms with Crippen molar-refractivity contribution in [2.45, 2.75) is 39.3 Å². The summed E-state index contributed by atoms with van der Waals surface area (Å²) in [7, 11) is 1.92. The third kappa shape index (κ3) is 3.60. The molecule has 0 aliphatic heterocycles. The van der Waals surface area contributed by atoms with Gasteiger partial charge >= 0.3 is 0 Å². The van der Waals surface area contributed by atoms with Gasteiger partial charge in [-0.05, 0) is 20.4 Å². The molecule has 0 radical (unpaired) electrons. The van der Waals surface area contributed by atoms with E-state index in [4.69, 9.17) is 9.63 Å². The van der Waals surface area contributed by atoms with E-state index in [1.165, 1.54) is 0 Å². The van der Waals surface area contributed by atoms with E-state index in [-0.39, 0.29) is 12.6 Å². The van der Waals surface area contributed by atoms with Crippen LogP contribution in [0.5, 0.6) is 0 Å². The van der Waals surface area contributed by atoms with Crippen molar-refractivity contribution >= 4 is 0 Å². The molecule has 0 bridgehead atoms. The molecule has 0 fully saturated rings. The Bertz CT molecular complexity index is 288. The Balaban J connectivity index is 2.49. The quantitative estimate of drug-likeness (QED) is 0.758. The zero-order chi connectivity index (χ0) is 11.3. The van der Waals surface area contributed by atoms with E-state index in [9.17, 15) is 0 Å². The molecular formula is C10H19N3O2. The lowest BCUT2D eigenvalue weighted by atomic mass is 10.3. The second-order valence-electron chi connectivity index (χ2n) is 3.80. The molecular weight excluding hydrogens is 194 g/mol. The molecule has 0 spiro atoms. The summed E-state index contributed by atoms with van der Waals surface area (Å²) in [6.45, 7) is 4.74. The highest BCUT2D eigenvalue weighted by Gasteiger charge is 2.12. The summed E-state index contributed by atoms with van der Waals surface area (Å²) in [5.41, 5.74) is 0. The van der Waals surface area contributed by atoms with Gasteiger partial charge in [0.2, 0.25) is 5.89 Å². The molecule has 1 atom stereocenters. The average molecular weight is 213 g/mol. The molecule has 1 N–H and O–H groups in total. The molecule has 0 aliphatic rings. The lowest BCUT2D eigenvalue weighted by Crippen LogP contribution is -2.31. The summed E-state index contributed by atoms with van der Waals surface area (Å²) in [4.78, 5) is 6.23. The normalized spacial score (nSPS) is 13.4. The third-order valence-electron chi connectivity index (χ3n) is 2.39. The van der Waals surface area contributed by atoms with Crippen molar-refractivity contribution in [3.05, 3.63) is 11.7 Å². The minimum absolute atomic E-state index is 0.103. The maximum absolute atomic E-state index is 8.96. The predicted octanol–water partition coefficient (Wildman–Crippen LogP) is 0.835. The van der Waals surface area contributed by atoms with E-state index in [1.54, 1.807) is 0 Å². The first-order valence-corrected chi connectivity index (χ1v) is 5.30. The average Bonchev–Trinajstić information content (AvgIpc) is 2.65. The number of aliphatic hydroxyl groups excluding tert-OH is 1. The summed E-state index contributed by atoms with van der Waals surface area (Å²) < 4.78 is 5.10. The molecule has 1 aromatic rings. The van der Waals surface area contributed by atoms with Crippen molar-refractivity contribution in [3.63, 3.8) is 0 Å². The van der Waals surface area contributed by atoms with Crippen molar-refractivity contribution in [2.75, 3.05) is 13.7 Å². The Hall–Kier alpha value is -0.940. The van der Waals surface area contributed by atoms with Crippen LogP contribution in [0.25, 0.3) is 0 Å². The fourth-order valence-electron chi connectivity index (χ4n) is 1.19. The topological polar surface area (TPSA) is 62.4 Å². The van der Waals surface area contributed by atoms with Crippen LogP contribution in [0.4, 0.5) is 0 Å². The lowest BCUT2D eigenvalue weighted by molar-refractivity contribution is 0.142. The number of nitrogens with zero attached hydrogens (tertiary/aromatic N) is 3. The maximum atomic E-state index is 8.96. The van der Waals surface area contributed by atoms with Gasteiger partial charge < -0.3 is 9.63 Å². The summed E-state index contributed by atoms with van der Waals surface area (Å²) in [5, 5.41) is 12.8. The number of aromatic nitrogens is 2. The molecule has 1 unspecified atom stereocenters. The van der Waals surface area contributed by atoms with E-state index in [1.807, 2.05) is 18.9 Å². The largest absolute Gasteiger partial charge is 0.395 e. The van der Waals surface area contributed by atoms with E-state index in [2.05, 4.69) is 17.1 Å². The number of aliphatic hydroxyl groups is 1. The molecule has 0 amide bonds. The van der Waals surface area contributed by atoms with E-state index in [0.29, 0.717) is 12.4 Å². The van der Waals surface area contributed by atoms with Crippen LogP contribution < -0.4 is 0 Å². The van der Waals surface area contributed by atoms with Crippen LogP contribution in [0, 0.1) is 0 Å². The van der Waals surface area contributed by atoms with Gasteiger partial charge in [0.15, 0.2) is 5.82 Å². The van der Waals surface area contributed by atoms with E-state index >= 15 is 0 Å². The Morgan fingerprint density at radius 2 is 2.27 bits per heavy atom. The number of likely N-dealkylation sites (N-methyl/N-ethyl adjacent to an activating group) is 1. The van der Waals surface area contributed by atoms with Crippen LogP contribution in [0.2, 0.25) is 0 Å². The van der Waals surface area contributed by atoms with Gasteiger partial charge in [-0.15, -0.1) is 0 Å². The van der Waals surface area contributed by atoms with Gasteiger partial charge in [0.1, 0.15) is 0 Å². The van der Waals surface area contributed by atoms with Gasteiger partial charge in [-0.2, -0.15) is 4.98 Å². The maximum Gasteiger partial charge on any atom is 0.240 e. The molecule has 0 aliphatic carbocycles. The Morgan fingerprint density at radius 1 is 1.53 bits per heavy atom. The standard InChI is InChI=1S/C10H19N3O2/c1-4-5-9-11-10(15-12-9)6-13(3)8(2)7-14/h8,14H,4-7H2,1-3H3. The number of hydrogen-bond donors (Lipinski definition) is 1. The molecule has 5 nitrogen and oxygen atoms in total. The van der Waals surface area contributed by atoms with Crippen LogP contribution in [-0.2, 0) is 13.0 Å². The van der Waals surface area contributed by atoms with Gasteiger partial charge in [-0.3, -0.25) is 4.90 Å². The molecule has 86 valence electrons. The summed E-state index contributed by atoms with van der Waals surface area (Å²) in [5.74, 6) is 1.37. The SMILES string of the molecule is CCCc1noc(CN(C)C(C)CO)n1. The van der Waals surface area contributed by atoms with Gasteiger partial charge in [0.05, 0.1) is 13.2 Å². The summed E-state index contributed by atoms with van der Waals surface area (Å²) >= 11 is 0. The molecule has 1 rings (SSSR count). The van der Waals surface area contributed by atoms with Gasteiger partial charge in [0, 0.05) is 12.5 Å². The minimum Gasteiger partial charge on any atom is -0.395 e. The van der Waals surface area contributed by atoms with E-state index in [0.717, 1.165) is 18.7 Å². The molecule has 0 saturated heterocycles. The smallest absolute Gasteiger partial charge is 0.240 e. The highest BCUT2D eigenvalue weighted by atomic mass is 16.5. The number of rotatable bonds is 6. The van der Waals surface area contributed by atoms with Gasteiger partial charge in [-0.1, -0.05) is 12.1 Å². The van der Waals surface area contributed by atoms with Crippen molar-refractivity contribution < 1.29 is 9.63 Å². The monoisotopic (exact) mass is 213 g/mol.